The maximum Gasteiger partial charge on any atom is 0.413 e. The molecule has 0 unspecified atom stereocenters. The Morgan fingerprint density at radius 1 is 1.24 bits per heavy atom. The average Bonchev–Trinajstić information content (AvgIpc) is 2.81. The number of rotatable bonds is 3. The van der Waals surface area contributed by atoms with Gasteiger partial charge in [0.2, 0.25) is 11.7 Å². The first kappa shape index (κ1) is 18.8. The minimum absolute atomic E-state index is 0.0930. The number of anilines is 1. The van der Waals surface area contributed by atoms with Crippen LogP contribution in [0, 0.1) is 5.92 Å². The molecule has 136 valence electrons. The number of Topliss-reactive ketones (excluding diaryl/α,β-unsaturated/α-hetero) is 1. The Bertz CT molecular complexity index is 712. The zero-order chi connectivity index (χ0) is 19.0. The molecule has 1 amide bonds. The number of amides is 1. The molecule has 1 aromatic rings. The summed E-state index contributed by atoms with van der Waals surface area (Å²) < 4.78 is 14.9. The van der Waals surface area contributed by atoms with E-state index in [1.54, 1.807) is 20.8 Å². The lowest BCUT2D eigenvalue weighted by atomic mass is 10.0. The fourth-order valence-corrected chi connectivity index (χ4v) is 2.60. The van der Waals surface area contributed by atoms with E-state index in [0.29, 0.717) is 0 Å². The molecule has 25 heavy (non-hydrogen) atoms. The molecule has 10 heteroatoms. The van der Waals surface area contributed by atoms with Crippen LogP contribution in [-0.2, 0) is 23.8 Å². The van der Waals surface area contributed by atoms with Gasteiger partial charge in [0.1, 0.15) is 11.3 Å². The number of carbonyl (C=O) groups is 4. The van der Waals surface area contributed by atoms with Crippen LogP contribution >= 0.6 is 11.3 Å². The van der Waals surface area contributed by atoms with E-state index in [0.717, 1.165) is 11.3 Å². The largest absolute Gasteiger partial charge is 0.444 e. The summed E-state index contributed by atoms with van der Waals surface area (Å²) in [6, 6.07) is 0. The molecule has 0 atom stereocenters. The predicted octanol–water partition coefficient (Wildman–Crippen LogP) is 2.13. The van der Waals surface area contributed by atoms with Gasteiger partial charge in [0.05, 0.1) is 0 Å². The first-order valence-electron chi connectivity index (χ1n) is 7.33. The Morgan fingerprint density at radius 2 is 1.80 bits per heavy atom. The van der Waals surface area contributed by atoms with Crippen molar-refractivity contribution < 1.29 is 33.4 Å². The molecule has 0 aliphatic carbocycles. The molecule has 0 bridgehead atoms. The maximum atomic E-state index is 12.4. The van der Waals surface area contributed by atoms with Crippen molar-refractivity contribution in [1.82, 2.24) is 4.98 Å². The van der Waals surface area contributed by atoms with Crippen LogP contribution in [0.1, 0.15) is 45.1 Å². The van der Waals surface area contributed by atoms with Gasteiger partial charge in [0.25, 0.3) is 5.79 Å². The highest BCUT2D eigenvalue weighted by Gasteiger charge is 2.48. The Kier molecular flexibility index (Phi) is 4.85. The summed E-state index contributed by atoms with van der Waals surface area (Å²) in [4.78, 5) is 51.8. The highest BCUT2D eigenvalue weighted by molar-refractivity contribution is 7.14. The van der Waals surface area contributed by atoms with Gasteiger partial charge in [0.15, 0.2) is 5.13 Å². The summed E-state index contributed by atoms with van der Waals surface area (Å²) in [5.41, 5.74) is -0.850. The quantitative estimate of drug-likeness (QED) is 0.488. The van der Waals surface area contributed by atoms with Crippen molar-refractivity contribution in [3.63, 3.8) is 0 Å². The third-order valence-corrected chi connectivity index (χ3v) is 3.55. The van der Waals surface area contributed by atoms with E-state index < -0.39 is 41.1 Å². The van der Waals surface area contributed by atoms with Gasteiger partial charge in [-0.15, -0.1) is 11.3 Å². The van der Waals surface area contributed by atoms with Gasteiger partial charge in [-0.1, -0.05) is 0 Å². The Morgan fingerprint density at radius 3 is 2.32 bits per heavy atom. The summed E-state index contributed by atoms with van der Waals surface area (Å²) >= 11 is 0.950. The van der Waals surface area contributed by atoms with Gasteiger partial charge in [-0.25, -0.2) is 9.78 Å². The minimum atomic E-state index is -1.73. The molecule has 1 aliphatic heterocycles. The first-order chi connectivity index (χ1) is 11.4. The highest BCUT2D eigenvalue weighted by Crippen LogP contribution is 2.27. The number of nitrogens with zero attached hydrogens (tertiary/aromatic N) is 1. The molecule has 9 nitrogen and oxygen atoms in total. The third-order valence-electron chi connectivity index (χ3n) is 2.79. The normalized spacial score (nSPS) is 17.5. The van der Waals surface area contributed by atoms with Crippen LogP contribution in [0.4, 0.5) is 9.93 Å². The molecule has 0 radical (unpaired) electrons. The van der Waals surface area contributed by atoms with Crippen molar-refractivity contribution in [1.29, 1.82) is 0 Å². The summed E-state index contributed by atoms with van der Waals surface area (Å²) in [6.45, 7) is 7.87. The van der Waals surface area contributed by atoms with E-state index in [1.807, 2.05) is 0 Å². The van der Waals surface area contributed by atoms with Crippen LogP contribution in [0.3, 0.4) is 0 Å². The second-order valence-corrected chi connectivity index (χ2v) is 7.56. The molecule has 2 heterocycles. The average molecular weight is 370 g/mol. The third kappa shape index (κ3) is 4.75. The number of thiazole rings is 1. The van der Waals surface area contributed by atoms with Crippen LogP contribution in [0.2, 0.25) is 0 Å². The second-order valence-electron chi connectivity index (χ2n) is 6.70. The maximum absolute atomic E-state index is 12.4. The Hall–Kier alpha value is -2.49. The number of hydrogen-bond donors (Lipinski definition) is 1. The Balaban J connectivity index is 2.09. The molecule has 0 aromatic carbocycles. The molecule has 0 saturated carbocycles. The molecule has 1 saturated heterocycles. The van der Waals surface area contributed by atoms with Gasteiger partial charge < -0.3 is 14.2 Å². The number of aromatic nitrogens is 1. The summed E-state index contributed by atoms with van der Waals surface area (Å²) in [5, 5.41) is 3.78. The molecule has 1 N–H and O–H groups in total. The topological polar surface area (TPSA) is 121 Å². The number of hydrogen-bond acceptors (Lipinski definition) is 9. The van der Waals surface area contributed by atoms with E-state index >= 15 is 0 Å². The Labute approximate surface area is 147 Å². The molecule has 1 aliphatic rings. The van der Waals surface area contributed by atoms with E-state index in [4.69, 9.17) is 14.2 Å². The smallest absolute Gasteiger partial charge is 0.413 e. The van der Waals surface area contributed by atoms with Crippen LogP contribution in [-0.4, -0.2) is 40.2 Å². The lowest BCUT2D eigenvalue weighted by Crippen LogP contribution is -2.49. The molecule has 1 aromatic heterocycles. The van der Waals surface area contributed by atoms with Gasteiger partial charge in [0, 0.05) is 19.2 Å². The van der Waals surface area contributed by atoms with Crippen molar-refractivity contribution in [2.75, 3.05) is 5.32 Å². The van der Waals surface area contributed by atoms with E-state index in [-0.39, 0.29) is 10.8 Å². The van der Waals surface area contributed by atoms with E-state index in [1.165, 1.54) is 19.2 Å². The van der Waals surface area contributed by atoms with Gasteiger partial charge >= 0.3 is 18.0 Å². The molecule has 2 rings (SSSR count). The van der Waals surface area contributed by atoms with Gasteiger partial charge in [-0.05, 0) is 20.8 Å². The minimum Gasteiger partial charge on any atom is -0.444 e. The lowest BCUT2D eigenvalue weighted by molar-refractivity contribution is -0.236. The number of carbonyl (C=O) groups excluding carboxylic acids is 4. The lowest BCUT2D eigenvalue weighted by Gasteiger charge is -2.31. The van der Waals surface area contributed by atoms with Crippen LogP contribution in [0.5, 0.6) is 0 Å². The van der Waals surface area contributed by atoms with Crippen molar-refractivity contribution in [2.24, 2.45) is 5.92 Å². The predicted molar refractivity (Wildman–Crippen MR) is 86.1 cm³/mol. The van der Waals surface area contributed by atoms with E-state index in [2.05, 4.69) is 10.3 Å². The van der Waals surface area contributed by atoms with Crippen molar-refractivity contribution >= 4 is 40.3 Å². The molecular formula is C15H18N2O7S. The van der Waals surface area contributed by atoms with Crippen molar-refractivity contribution in [3.05, 3.63) is 11.1 Å². The summed E-state index contributed by atoms with van der Waals surface area (Å²) in [5.74, 6) is -6.01. The molecular weight excluding hydrogens is 352 g/mol. The van der Waals surface area contributed by atoms with Crippen LogP contribution in [0.25, 0.3) is 0 Å². The van der Waals surface area contributed by atoms with Crippen LogP contribution < -0.4 is 5.32 Å². The fraction of sp³-hybridized carbons (Fsp3) is 0.533. The highest BCUT2D eigenvalue weighted by atomic mass is 32.1. The van der Waals surface area contributed by atoms with Gasteiger partial charge in [-0.2, -0.15) is 0 Å². The van der Waals surface area contributed by atoms with E-state index in [9.17, 15) is 19.2 Å². The number of ether oxygens (including phenoxy) is 3. The van der Waals surface area contributed by atoms with Crippen molar-refractivity contribution in [3.8, 4) is 0 Å². The fourth-order valence-electron chi connectivity index (χ4n) is 1.92. The SMILES string of the molecule is CC(C)(C)OC(=O)Nc1nc(C(=O)C2C(=O)OC(C)(C)OC2=O)cs1. The standard InChI is InChI=1S/C15H18N2O7S/c1-14(2,3)24-13(21)17-12-16-7(6-25-12)9(18)8-10(19)22-15(4,5)23-11(8)20/h6,8H,1-5H3,(H,16,17,21). The zero-order valence-electron chi connectivity index (χ0n) is 14.4. The number of cyclic esters (lactones) is 2. The first-order valence-corrected chi connectivity index (χ1v) is 8.21. The monoisotopic (exact) mass is 370 g/mol. The molecule has 0 spiro atoms. The van der Waals surface area contributed by atoms with Gasteiger partial charge in [-0.3, -0.25) is 19.7 Å². The number of esters is 2. The van der Waals surface area contributed by atoms with Crippen molar-refractivity contribution in [2.45, 2.75) is 46.0 Å². The zero-order valence-corrected chi connectivity index (χ0v) is 15.2. The van der Waals surface area contributed by atoms with Crippen LogP contribution in [0.15, 0.2) is 5.38 Å². The number of nitrogens with one attached hydrogen (secondary N) is 1. The molecule has 1 fully saturated rings. The second kappa shape index (κ2) is 6.43. The summed E-state index contributed by atoms with van der Waals surface area (Å²) in [7, 11) is 0. The number of ketones is 1. The summed E-state index contributed by atoms with van der Waals surface area (Å²) in [6.07, 6.45) is -0.737.